The van der Waals surface area contributed by atoms with Crippen LogP contribution in [0, 0.1) is 0 Å². The van der Waals surface area contributed by atoms with Crippen LogP contribution >= 0.6 is 15.9 Å². The van der Waals surface area contributed by atoms with Gasteiger partial charge in [-0.2, -0.15) is 0 Å². The van der Waals surface area contributed by atoms with Crippen LogP contribution in [-0.4, -0.2) is 19.3 Å². The zero-order valence-corrected chi connectivity index (χ0v) is 10.6. The molecule has 0 amide bonds. The fourth-order valence-corrected chi connectivity index (χ4v) is 2.21. The van der Waals surface area contributed by atoms with Gasteiger partial charge in [-0.15, -0.1) is 0 Å². The van der Waals surface area contributed by atoms with Crippen LogP contribution in [0.5, 0.6) is 0 Å². The van der Waals surface area contributed by atoms with Gasteiger partial charge in [0.1, 0.15) is 5.76 Å². The lowest BCUT2D eigenvalue weighted by molar-refractivity contribution is 0.0140. The minimum atomic E-state index is 0.263. The van der Waals surface area contributed by atoms with Crippen LogP contribution in [0.15, 0.2) is 21.2 Å². The lowest BCUT2D eigenvalue weighted by Gasteiger charge is -2.36. The van der Waals surface area contributed by atoms with Crippen LogP contribution in [0.25, 0.3) is 0 Å². The van der Waals surface area contributed by atoms with Gasteiger partial charge in [0.05, 0.1) is 12.1 Å². The van der Waals surface area contributed by atoms with Crippen LogP contribution in [0.3, 0.4) is 0 Å². The van der Waals surface area contributed by atoms with E-state index in [0.717, 1.165) is 23.3 Å². The van der Waals surface area contributed by atoms with Gasteiger partial charge in [0, 0.05) is 13.2 Å². The predicted octanol–water partition coefficient (Wildman–Crippen LogP) is 2.87. The quantitative estimate of drug-likeness (QED) is 0.916. The van der Waals surface area contributed by atoms with Gasteiger partial charge in [0.15, 0.2) is 4.67 Å². The van der Waals surface area contributed by atoms with Crippen molar-refractivity contribution in [2.75, 3.05) is 7.11 Å². The zero-order valence-electron chi connectivity index (χ0n) is 9.00. The Balaban J connectivity index is 1.81. The molecule has 4 heteroatoms. The highest BCUT2D eigenvalue weighted by molar-refractivity contribution is 9.10. The molecule has 3 nitrogen and oxygen atoms in total. The fraction of sp³-hybridized carbons (Fsp3) is 0.636. The molecule has 1 aromatic heterocycles. The molecule has 1 aliphatic carbocycles. The van der Waals surface area contributed by atoms with Crippen LogP contribution in [0.2, 0.25) is 0 Å². The predicted molar refractivity (Wildman–Crippen MR) is 61.8 cm³/mol. The second-order valence-corrected chi connectivity index (χ2v) is 4.84. The molecule has 0 saturated heterocycles. The van der Waals surface area contributed by atoms with Gasteiger partial charge in [-0.05, 0) is 47.8 Å². The van der Waals surface area contributed by atoms with E-state index < -0.39 is 0 Å². The average Bonchev–Trinajstić information content (AvgIpc) is 2.57. The van der Waals surface area contributed by atoms with Crippen molar-refractivity contribution in [3.05, 3.63) is 22.6 Å². The lowest BCUT2D eigenvalue weighted by atomic mass is 9.88. The van der Waals surface area contributed by atoms with Gasteiger partial charge in [-0.1, -0.05) is 0 Å². The van der Waals surface area contributed by atoms with E-state index in [1.807, 2.05) is 12.1 Å². The van der Waals surface area contributed by atoms with Gasteiger partial charge in [0.25, 0.3) is 0 Å². The van der Waals surface area contributed by atoms with Crippen LogP contribution in [-0.2, 0) is 4.74 Å². The summed E-state index contributed by atoms with van der Waals surface area (Å²) in [4.78, 5) is 0. The molecule has 1 atom stereocenters. The van der Waals surface area contributed by atoms with E-state index in [1.54, 1.807) is 7.11 Å². The summed E-state index contributed by atoms with van der Waals surface area (Å²) in [5, 5.41) is 3.52. The van der Waals surface area contributed by atoms with Crippen molar-refractivity contribution in [3.8, 4) is 0 Å². The van der Waals surface area contributed by atoms with Gasteiger partial charge < -0.3 is 14.5 Å². The van der Waals surface area contributed by atoms with Crippen LogP contribution in [0.1, 0.15) is 31.6 Å². The first-order chi connectivity index (χ1) is 7.19. The molecule has 0 bridgehead atoms. The van der Waals surface area contributed by atoms with Gasteiger partial charge in [-0.25, -0.2) is 0 Å². The van der Waals surface area contributed by atoms with Crippen molar-refractivity contribution in [2.24, 2.45) is 0 Å². The van der Waals surface area contributed by atoms with Crippen molar-refractivity contribution in [1.82, 2.24) is 5.32 Å². The molecule has 1 fully saturated rings. The van der Waals surface area contributed by atoms with Crippen molar-refractivity contribution >= 4 is 15.9 Å². The standard InChI is InChI=1S/C11H16BrNO2/c1-7(10-3-4-11(12)15-10)13-8-5-9(6-8)14-2/h3-4,7-9,13H,5-6H2,1-2H3. The number of halogens is 1. The maximum atomic E-state index is 5.49. The minimum Gasteiger partial charge on any atom is -0.453 e. The van der Waals surface area contributed by atoms with Crippen molar-refractivity contribution in [1.29, 1.82) is 0 Å². The molecule has 1 unspecified atom stereocenters. The molecule has 1 N–H and O–H groups in total. The summed E-state index contributed by atoms with van der Waals surface area (Å²) in [6.45, 7) is 2.12. The summed E-state index contributed by atoms with van der Waals surface area (Å²) in [5.74, 6) is 0.975. The molecule has 0 radical (unpaired) electrons. The second-order valence-electron chi connectivity index (χ2n) is 4.06. The van der Waals surface area contributed by atoms with E-state index in [-0.39, 0.29) is 6.04 Å². The smallest absolute Gasteiger partial charge is 0.169 e. The Hall–Kier alpha value is -0.320. The molecular weight excluding hydrogens is 258 g/mol. The van der Waals surface area contributed by atoms with E-state index in [0.29, 0.717) is 12.1 Å². The monoisotopic (exact) mass is 273 g/mol. The summed E-state index contributed by atoms with van der Waals surface area (Å²) in [6.07, 6.45) is 2.64. The van der Waals surface area contributed by atoms with E-state index in [1.165, 1.54) is 0 Å². The third-order valence-corrected chi connectivity index (χ3v) is 3.36. The Bertz CT molecular complexity index is 320. The van der Waals surface area contributed by atoms with E-state index in [2.05, 4.69) is 28.2 Å². The number of rotatable bonds is 4. The second kappa shape index (κ2) is 4.68. The summed E-state index contributed by atoms with van der Waals surface area (Å²) >= 11 is 3.30. The minimum absolute atomic E-state index is 0.263. The Morgan fingerprint density at radius 2 is 2.27 bits per heavy atom. The topological polar surface area (TPSA) is 34.4 Å². The highest BCUT2D eigenvalue weighted by Gasteiger charge is 2.30. The van der Waals surface area contributed by atoms with Gasteiger partial charge in [0.2, 0.25) is 0 Å². The molecule has 0 aliphatic heterocycles. The molecule has 15 heavy (non-hydrogen) atoms. The SMILES string of the molecule is COC1CC(NC(C)c2ccc(Br)o2)C1. The number of hydrogen-bond acceptors (Lipinski definition) is 3. The lowest BCUT2D eigenvalue weighted by Crippen LogP contribution is -2.45. The Labute approximate surface area is 98.3 Å². The fourth-order valence-electron chi connectivity index (χ4n) is 1.89. The summed E-state index contributed by atoms with van der Waals surface area (Å²) in [6, 6.07) is 4.74. The van der Waals surface area contributed by atoms with Crippen molar-refractivity contribution < 1.29 is 9.15 Å². The largest absolute Gasteiger partial charge is 0.453 e. The molecular formula is C11H16BrNO2. The van der Waals surface area contributed by atoms with E-state index in [9.17, 15) is 0 Å². The first-order valence-electron chi connectivity index (χ1n) is 5.23. The first kappa shape index (κ1) is 11.2. The summed E-state index contributed by atoms with van der Waals surface area (Å²) in [5.41, 5.74) is 0. The normalized spacial score (nSPS) is 27.4. The third-order valence-electron chi connectivity index (χ3n) is 2.93. The number of nitrogens with one attached hydrogen (secondary N) is 1. The molecule has 1 aromatic rings. The highest BCUT2D eigenvalue weighted by Crippen LogP contribution is 2.27. The molecule has 1 heterocycles. The molecule has 1 aliphatic rings. The molecule has 0 aromatic carbocycles. The molecule has 1 saturated carbocycles. The number of methoxy groups -OCH3 is 1. The third kappa shape index (κ3) is 2.62. The average molecular weight is 274 g/mol. The maximum absolute atomic E-state index is 5.49. The van der Waals surface area contributed by atoms with Gasteiger partial charge >= 0.3 is 0 Å². The van der Waals surface area contributed by atoms with Crippen molar-refractivity contribution in [3.63, 3.8) is 0 Å². The molecule has 0 spiro atoms. The molecule has 2 rings (SSSR count). The summed E-state index contributed by atoms with van der Waals surface area (Å²) in [7, 11) is 1.77. The zero-order chi connectivity index (χ0) is 10.8. The Morgan fingerprint density at radius 1 is 1.53 bits per heavy atom. The highest BCUT2D eigenvalue weighted by atomic mass is 79.9. The number of ether oxygens (including phenoxy) is 1. The van der Waals surface area contributed by atoms with Gasteiger partial charge in [-0.3, -0.25) is 0 Å². The maximum Gasteiger partial charge on any atom is 0.169 e. The number of furan rings is 1. The Morgan fingerprint density at radius 3 is 2.80 bits per heavy atom. The van der Waals surface area contributed by atoms with Crippen LogP contribution in [0.4, 0.5) is 0 Å². The molecule has 84 valence electrons. The van der Waals surface area contributed by atoms with E-state index >= 15 is 0 Å². The Kier molecular flexibility index (Phi) is 3.49. The first-order valence-corrected chi connectivity index (χ1v) is 6.02. The van der Waals surface area contributed by atoms with Crippen molar-refractivity contribution in [2.45, 2.75) is 38.0 Å². The van der Waals surface area contributed by atoms with E-state index in [4.69, 9.17) is 9.15 Å². The number of hydrogen-bond donors (Lipinski definition) is 1. The van der Waals surface area contributed by atoms with Crippen LogP contribution < -0.4 is 5.32 Å². The summed E-state index contributed by atoms with van der Waals surface area (Å²) < 4.78 is 11.5.